The minimum atomic E-state index is -0.483. The molecule has 0 fully saturated rings. The van der Waals surface area contributed by atoms with Crippen LogP contribution in [0, 0.1) is 18.6 Å². The normalized spacial score (nSPS) is 10.3. The zero-order chi connectivity index (χ0) is 15.4. The lowest BCUT2D eigenvalue weighted by Gasteiger charge is -2.10. The molecule has 0 spiro atoms. The van der Waals surface area contributed by atoms with Crippen molar-refractivity contribution in [3.8, 4) is 0 Å². The van der Waals surface area contributed by atoms with Gasteiger partial charge >= 0.3 is 0 Å². The maximum absolute atomic E-state index is 13.7. The molecule has 3 nitrogen and oxygen atoms in total. The molecule has 2 N–H and O–H groups in total. The number of benzene rings is 2. The molecule has 0 atom stereocenters. The lowest BCUT2D eigenvalue weighted by molar-refractivity contribution is -0.114. The van der Waals surface area contributed by atoms with E-state index in [0.29, 0.717) is 12.2 Å². The first-order valence-corrected chi connectivity index (χ1v) is 6.52. The van der Waals surface area contributed by atoms with Crippen LogP contribution in [-0.2, 0) is 11.3 Å². The van der Waals surface area contributed by atoms with E-state index in [1.165, 1.54) is 13.8 Å². The topological polar surface area (TPSA) is 41.1 Å². The summed E-state index contributed by atoms with van der Waals surface area (Å²) in [5, 5.41) is 5.51. The second-order valence-electron chi connectivity index (χ2n) is 4.81. The number of nitrogens with one attached hydrogen (secondary N) is 2. The van der Waals surface area contributed by atoms with Gasteiger partial charge in [0.05, 0.1) is 5.69 Å². The lowest BCUT2D eigenvalue weighted by atomic mass is 10.1. The van der Waals surface area contributed by atoms with Crippen LogP contribution >= 0.6 is 0 Å². The summed E-state index contributed by atoms with van der Waals surface area (Å²) < 4.78 is 27.1. The molecule has 0 radical (unpaired) electrons. The van der Waals surface area contributed by atoms with E-state index in [1.807, 2.05) is 0 Å². The molecular weight excluding hydrogens is 274 g/mol. The molecule has 0 heterocycles. The Labute approximate surface area is 122 Å². The molecule has 110 valence electrons. The summed E-state index contributed by atoms with van der Waals surface area (Å²) in [4.78, 5) is 10.9. The van der Waals surface area contributed by atoms with Crippen LogP contribution in [0.1, 0.15) is 18.1 Å². The number of aryl methyl sites for hydroxylation is 1. The highest BCUT2D eigenvalue weighted by Crippen LogP contribution is 2.20. The van der Waals surface area contributed by atoms with Crippen LogP contribution in [0.5, 0.6) is 0 Å². The van der Waals surface area contributed by atoms with Crippen molar-refractivity contribution >= 4 is 17.3 Å². The van der Waals surface area contributed by atoms with E-state index in [0.717, 1.165) is 17.7 Å². The van der Waals surface area contributed by atoms with Gasteiger partial charge < -0.3 is 10.6 Å². The molecule has 0 aliphatic carbocycles. The monoisotopic (exact) mass is 290 g/mol. The third kappa shape index (κ3) is 4.02. The number of carbonyl (C=O) groups excluding carboxylic acids is 1. The molecule has 21 heavy (non-hydrogen) atoms. The Balaban J connectivity index is 2.03. The molecule has 0 saturated carbocycles. The summed E-state index contributed by atoms with van der Waals surface area (Å²) in [5.74, 6) is -1.07. The van der Waals surface area contributed by atoms with Crippen molar-refractivity contribution in [3.63, 3.8) is 0 Å². The minimum Gasteiger partial charge on any atom is -0.379 e. The van der Waals surface area contributed by atoms with E-state index >= 15 is 0 Å². The predicted molar refractivity (Wildman–Crippen MR) is 79.2 cm³/mol. The van der Waals surface area contributed by atoms with E-state index in [-0.39, 0.29) is 17.2 Å². The molecule has 0 aromatic heterocycles. The fourth-order valence-electron chi connectivity index (χ4n) is 1.89. The van der Waals surface area contributed by atoms with Crippen molar-refractivity contribution in [3.05, 3.63) is 59.2 Å². The van der Waals surface area contributed by atoms with Crippen molar-refractivity contribution < 1.29 is 13.6 Å². The summed E-state index contributed by atoms with van der Waals surface area (Å²) in [6.45, 7) is 3.31. The number of rotatable bonds is 4. The van der Waals surface area contributed by atoms with Gasteiger partial charge in [0.25, 0.3) is 0 Å². The van der Waals surface area contributed by atoms with Gasteiger partial charge in [0, 0.05) is 25.2 Å². The Hall–Kier alpha value is -2.43. The third-order valence-electron chi connectivity index (χ3n) is 3.01. The highest BCUT2D eigenvalue weighted by molar-refractivity contribution is 5.88. The first-order chi connectivity index (χ1) is 9.95. The highest BCUT2D eigenvalue weighted by atomic mass is 19.1. The van der Waals surface area contributed by atoms with Gasteiger partial charge in [-0.3, -0.25) is 4.79 Å². The SMILES string of the molecule is CC(=O)Nc1ccc(CNc2cc(F)c(C)cc2F)cc1. The number of halogens is 2. The fourth-order valence-corrected chi connectivity index (χ4v) is 1.89. The molecule has 0 unspecified atom stereocenters. The van der Waals surface area contributed by atoms with Crippen LogP contribution in [0.2, 0.25) is 0 Å². The average molecular weight is 290 g/mol. The summed E-state index contributed by atoms with van der Waals surface area (Å²) >= 11 is 0. The van der Waals surface area contributed by atoms with Crippen LogP contribution < -0.4 is 10.6 Å². The average Bonchev–Trinajstić information content (AvgIpc) is 2.42. The molecule has 2 aromatic carbocycles. The summed E-state index contributed by atoms with van der Waals surface area (Å²) in [5.41, 5.74) is 1.99. The van der Waals surface area contributed by atoms with E-state index in [1.54, 1.807) is 24.3 Å². The highest BCUT2D eigenvalue weighted by Gasteiger charge is 2.07. The summed E-state index contributed by atoms with van der Waals surface area (Å²) in [6.07, 6.45) is 0. The van der Waals surface area contributed by atoms with Gasteiger partial charge in [0.1, 0.15) is 11.6 Å². The smallest absolute Gasteiger partial charge is 0.221 e. The lowest BCUT2D eigenvalue weighted by Crippen LogP contribution is -2.06. The maximum atomic E-state index is 13.7. The van der Waals surface area contributed by atoms with E-state index in [4.69, 9.17) is 0 Å². The zero-order valence-electron chi connectivity index (χ0n) is 11.8. The molecule has 5 heteroatoms. The number of anilines is 2. The van der Waals surface area contributed by atoms with Gasteiger partial charge in [0.15, 0.2) is 0 Å². The van der Waals surface area contributed by atoms with E-state index < -0.39 is 11.6 Å². The second kappa shape index (κ2) is 6.35. The van der Waals surface area contributed by atoms with Crippen LogP contribution in [0.4, 0.5) is 20.2 Å². The van der Waals surface area contributed by atoms with Gasteiger partial charge in [-0.25, -0.2) is 8.78 Å². The summed E-state index contributed by atoms with van der Waals surface area (Å²) in [7, 11) is 0. The first kappa shape index (κ1) is 15.0. The summed E-state index contributed by atoms with van der Waals surface area (Å²) in [6, 6.07) is 9.43. The number of carbonyl (C=O) groups is 1. The van der Waals surface area contributed by atoms with Crippen molar-refractivity contribution in [2.75, 3.05) is 10.6 Å². The number of hydrogen-bond donors (Lipinski definition) is 2. The predicted octanol–water partition coefficient (Wildman–Crippen LogP) is 3.84. The Morgan fingerprint density at radius 3 is 2.38 bits per heavy atom. The van der Waals surface area contributed by atoms with Crippen molar-refractivity contribution in [1.82, 2.24) is 0 Å². The fraction of sp³-hybridized carbons (Fsp3) is 0.188. The number of hydrogen-bond acceptors (Lipinski definition) is 2. The third-order valence-corrected chi connectivity index (χ3v) is 3.01. The molecule has 0 bridgehead atoms. The van der Waals surface area contributed by atoms with Crippen molar-refractivity contribution in [2.24, 2.45) is 0 Å². The van der Waals surface area contributed by atoms with Crippen molar-refractivity contribution in [1.29, 1.82) is 0 Å². The van der Waals surface area contributed by atoms with E-state index in [9.17, 15) is 13.6 Å². The molecule has 1 amide bonds. The van der Waals surface area contributed by atoms with Crippen LogP contribution in [0.3, 0.4) is 0 Å². The molecule has 0 saturated heterocycles. The van der Waals surface area contributed by atoms with Gasteiger partial charge in [0.2, 0.25) is 5.91 Å². The Morgan fingerprint density at radius 1 is 1.10 bits per heavy atom. The largest absolute Gasteiger partial charge is 0.379 e. The standard InChI is InChI=1S/C16H16F2N2O/c1-10-7-15(18)16(8-14(10)17)19-9-12-3-5-13(6-4-12)20-11(2)21/h3-8,19H,9H2,1-2H3,(H,20,21). The second-order valence-corrected chi connectivity index (χ2v) is 4.81. The molecular formula is C16H16F2N2O. The van der Waals surface area contributed by atoms with Crippen molar-refractivity contribution in [2.45, 2.75) is 20.4 Å². The quantitative estimate of drug-likeness (QED) is 0.898. The molecule has 0 aliphatic heterocycles. The van der Waals surface area contributed by atoms with Crippen LogP contribution in [0.25, 0.3) is 0 Å². The number of amides is 1. The van der Waals surface area contributed by atoms with Crippen LogP contribution in [-0.4, -0.2) is 5.91 Å². The van der Waals surface area contributed by atoms with Gasteiger partial charge in [-0.15, -0.1) is 0 Å². The zero-order valence-corrected chi connectivity index (χ0v) is 11.8. The van der Waals surface area contributed by atoms with Gasteiger partial charge in [-0.2, -0.15) is 0 Å². The Morgan fingerprint density at radius 2 is 1.76 bits per heavy atom. The molecule has 0 aliphatic rings. The van der Waals surface area contributed by atoms with E-state index in [2.05, 4.69) is 10.6 Å². The molecule has 2 rings (SSSR count). The Bertz CT molecular complexity index is 654. The van der Waals surface area contributed by atoms with Gasteiger partial charge in [-0.05, 0) is 36.2 Å². The van der Waals surface area contributed by atoms with Crippen LogP contribution in [0.15, 0.2) is 36.4 Å². The minimum absolute atomic E-state index is 0.129. The molecule has 2 aromatic rings. The van der Waals surface area contributed by atoms with Gasteiger partial charge in [-0.1, -0.05) is 12.1 Å². The Kier molecular flexibility index (Phi) is 4.52. The first-order valence-electron chi connectivity index (χ1n) is 6.52. The maximum Gasteiger partial charge on any atom is 0.221 e.